The van der Waals surface area contributed by atoms with Crippen LogP contribution in [0.4, 0.5) is 5.69 Å². The SMILES string of the molecule is CNC(=O)CNc1ccc(OCCOC)cc1. The first-order chi connectivity index (χ1) is 8.26. The molecule has 17 heavy (non-hydrogen) atoms. The number of anilines is 1. The standard InChI is InChI=1S/C12H18N2O3/c1-13-12(15)9-14-10-3-5-11(6-4-10)17-8-7-16-2/h3-6,14H,7-9H2,1-2H3,(H,13,15). The van der Waals surface area contributed by atoms with Gasteiger partial charge in [0.05, 0.1) is 13.2 Å². The first kappa shape index (κ1) is 13.3. The molecule has 0 aliphatic heterocycles. The number of likely N-dealkylation sites (N-methyl/N-ethyl adjacent to an activating group) is 1. The van der Waals surface area contributed by atoms with E-state index in [1.54, 1.807) is 14.2 Å². The predicted molar refractivity (Wildman–Crippen MR) is 66.4 cm³/mol. The van der Waals surface area contributed by atoms with E-state index in [1.807, 2.05) is 24.3 Å². The van der Waals surface area contributed by atoms with Gasteiger partial charge in [-0.3, -0.25) is 4.79 Å². The maximum atomic E-state index is 11.0. The Bertz CT molecular complexity index is 338. The van der Waals surface area contributed by atoms with Gasteiger partial charge in [-0.25, -0.2) is 0 Å². The third-order valence-corrected chi connectivity index (χ3v) is 2.14. The van der Waals surface area contributed by atoms with E-state index in [1.165, 1.54) is 0 Å². The van der Waals surface area contributed by atoms with Crippen molar-refractivity contribution in [3.63, 3.8) is 0 Å². The third kappa shape index (κ3) is 5.21. The lowest BCUT2D eigenvalue weighted by atomic mass is 10.3. The number of carbonyl (C=O) groups is 1. The summed E-state index contributed by atoms with van der Waals surface area (Å²) in [4.78, 5) is 11.0. The molecule has 0 saturated heterocycles. The molecule has 1 aromatic carbocycles. The minimum absolute atomic E-state index is 0.0505. The summed E-state index contributed by atoms with van der Waals surface area (Å²) in [5.41, 5.74) is 0.882. The molecule has 1 aromatic rings. The lowest BCUT2D eigenvalue weighted by Crippen LogP contribution is -2.26. The Kier molecular flexibility index (Phi) is 5.88. The lowest BCUT2D eigenvalue weighted by Gasteiger charge is -2.08. The number of hydrogen-bond donors (Lipinski definition) is 2. The van der Waals surface area contributed by atoms with E-state index in [2.05, 4.69) is 10.6 Å². The molecule has 5 nitrogen and oxygen atoms in total. The van der Waals surface area contributed by atoms with Crippen molar-refractivity contribution in [1.29, 1.82) is 0 Å². The lowest BCUT2D eigenvalue weighted by molar-refractivity contribution is -0.118. The average Bonchev–Trinajstić information content (AvgIpc) is 2.37. The van der Waals surface area contributed by atoms with Crippen LogP contribution in [0.3, 0.4) is 0 Å². The molecule has 1 amide bonds. The Balaban J connectivity index is 2.36. The van der Waals surface area contributed by atoms with Gasteiger partial charge in [0.25, 0.3) is 0 Å². The summed E-state index contributed by atoms with van der Waals surface area (Å²) in [6.45, 7) is 1.36. The van der Waals surface area contributed by atoms with Gasteiger partial charge in [0.1, 0.15) is 12.4 Å². The van der Waals surface area contributed by atoms with Gasteiger partial charge in [-0.15, -0.1) is 0 Å². The van der Waals surface area contributed by atoms with Crippen LogP contribution in [0.25, 0.3) is 0 Å². The van der Waals surface area contributed by atoms with Crippen molar-refractivity contribution in [2.45, 2.75) is 0 Å². The van der Waals surface area contributed by atoms with Gasteiger partial charge in [0.2, 0.25) is 5.91 Å². The van der Waals surface area contributed by atoms with E-state index in [4.69, 9.17) is 9.47 Å². The second-order valence-electron chi connectivity index (χ2n) is 3.39. The van der Waals surface area contributed by atoms with Gasteiger partial charge >= 0.3 is 0 Å². The summed E-state index contributed by atoms with van der Waals surface area (Å²) in [7, 11) is 3.24. The maximum absolute atomic E-state index is 11.0. The molecular weight excluding hydrogens is 220 g/mol. The number of ether oxygens (including phenoxy) is 2. The van der Waals surface area contributed by atoms with E-state index in [9.17, 15) is 4.79 Å². The molecule has 0 aromatic heterocycles. The zero-order valence-corrected chi connectivity index (χ0v) is 10.2. The topological polar surface area (TPSA) is 59.6 Å². The molecule has 5 heteroatoms. The zero-order valence-electron chi connectivity index (χ0n) is 10.2. The first-order valence-corrected chi connectivity index (χ1v) is 5.42. The van der Waals surface area contributed by atoms with Gasteiger partial charge < -0.3 is 20.1 Å². The fraction of sp³-hybridized carbons (Fsp3) is 0.417. The number of benzene rings is 1. The molecule has 0 unspecified atom stereocenters. The van der Waals surface area contributed by atoms with Crippen molar-refractivity contribution in [2.75, 3.05) is 39.2 Å². The fourth-order valence-electron chi connectivity index (χ4n) is 1.18. The summed E-state index contributed by atoms with van der Waals surface area (Å²) < 4.78 is 10.3. The van der Waals surface area contributed by atoms with Gasteiger partial charge in [0.15, 0.2) is 0 Å². The van der Waals surface area contributed by atoms with Crippen LogP contribution < -0.4 is 15.4 Å². The van der Waals surface area contributed by atoms with Crippen LogP contribution >= 0.6 is 0 Å². The number of rotatable bonds is 7. The van der Waals surface area contributed by atoms with E-state index >= 15 is 0 Å². The average molecular weight is 238 g/mol. The van der Waals surface area contributed by atoms with Crippen LogP contribution in [-0.4, -0.2) is 39.8 Å². The smallest absolute Gasteiger partial charge is 0.239 e. The monoisotopic (exact) mass is 238 g/mol. The number of carbonyl (C=O) groups excluding carboxylic acids is 1. The highest BCUT2D eigenvalue weighted by Gasteiger charge is 1.98. The molecule has 0 aliphatic carbocycles. The molecule has 0 bridgehead atoms. The number of amides is 1. The molecule has 1 rings (SSSR count). The van der Waals surface area contributed by atoms with Crippen molar-refractivity contribution < 1.29 is 14.3 Å². The molecule has 0 saturated carbocycles. The first-order valence-electron chi connectivity index (χ1n) is 5.42. The van der Waals surface area contributed by atoms with Crippen molar-refractivity contribution in [3.05, 3.63) is 24.3 Å². The van der Waals surface area contributed by atoms with Crippen molar-refractivity contribution in [2.24, 2.45) is 0 Å². The highest BCUT2D eigenvalue weighted by Crippen LogP contribution is 2.15. The van der Waals surface area contributed by atoms with Crippen LogP contribution in [-0.2, 0) is 9.53 Å². The third-order valence-electron chi connectivity index (χ3n) is 2.14. The van der Waals surface area contributed by atoms with Crippen LogP contribution in [0, 0.1) is 0 Å². The summed E-state index contributed by atoms with van der Waals surface area (Å²) in [5, 5.41) is 5.54. The number of methoxy groups -OCH3 is 1. The van der Waals surface area contributed by atoms with Crippen molar-refractivity contribution >= 4 is 11.6 Å². The van der Waals surface area contributed by atoms with Crippen LogP contribution in [0.1, 0.15) is 0 Å². The van der Waals surface area contributed by atoms with Gasteiger partial charge in [0, 0.05) is 19.8 Å². The molecule has 2 N–H and O–H groups in total. The summed E-state index contributed by atoms with van der Waals surface area (Å²) in [6, 6.07) is 7.43. The van der Waals surface area contributed by atoms with Crippen LogP contribution in [0.2, 0.25) is 0 Å². The van der Waals surface area contributed by atoms with Crippen molar-refractivity contribution in [1.82, 2.24) is 5.32 Å². The Morgan fingerprint density at radius 2 is 1.94 bits per heavy atom. The highest BCUT2D eigenvalue weighted by atomic mass is 16.5. The zero-order chi connectivity index (χ0) is 12.5. The molecule has 0 fully saturated rings. The van der Waals surface area contributed by atoms with E-state index in [0.29, 0.717) is 13.2 Å². The van der Waals surface area contributed by atoms with E-state index in [0.717, 1.165) is 11.4 Å². The maximum Gasteiger partial charge on any atom is 0.239 e. The van der Waals surface area contributed by atoms with E-state index in [-0.39, 0.29) is 12.5 Å². The molecule has 0 atom stereocenters. The Hall–Kier alpha value is -1.75. The predicted octanol–water partition coefficient (Wildman–Crippen LogP) is 0.870. The summed E-state index contributed by atoms with van der Waals surface area (Å²) in [5.74, 6) is 0.734. The van der Waals surface area contributed by atoms with Gasteiger partial charge in [-0.1, -0.05) is 0 Å². The number of nitrogens with one attached hydrogen (secondary N) is 2. The molecule has 94 valence electrons. The normalized spacial score (nSPS) is 9.76. The van der Waals surface area contributed by atoms with E-state index < -0.39 is 0 Å². The van der Waals surface area contributed by atoms with Crippen molar-refractivity contribution in [3.8, 4) is 5.75 Å². The summed E-state index contributed by atoms with van der Waals surface area (Å²) in [6.07, 6.45) is 0. The molecule has 0 spiro atoms. The second kappa shape index (κ2) is 7.51. The minimum atomic E-state index is -0.0505. The molecule has 0 heterocycles. The Morgan fingerprint density at radius 3 is 2.53 bits per heavy atom. The molecular formula is C12H18N2O3. The van der Waals surface area contributed by atoms with Crippen LogP contribution in [0.5, 0.6) is 5.75 Å². The van der Waals surface area contributed by atoms with Gasteiger partial charge in [-0.05, 0) is 24.3 Å². The second-order valence-corrected chi connectivity index (χ2v) is 3.39. The van der Waals surface area contributed by atoms with Gasteiger partial charge in [-0.2, -0.15) is 0 Å². The molecule has 0 aliphatic rings. The number of hydrogen-bond acceptors (Lipinski definition) is 4. The minimum Gasteiger partial charge on any atom is -0.491 e. The largest absolute Gasteiger partial charge is 0.491 e. The van der Waals surface area contributed by atoms with Crippen LogP contribution in [0.15, 0.2) is 24.3 Å². The summed E-state index contributed by atoms with van der Waals surface area (Å²) >= 11 is 0. The Morgan fingerprint density at radius 1 is 1.24 bits per heavy atom. The fourth-order valence-corrected chi connectivity index (χ4v) is 1.18. The molecule has 0 radical (unpaired) electrons. The quantitative estimate of drug-likeness (QED) is 0.692. The highest BCUT2D eigenvalue weighted by molar-refractivity contribution is 5.80. The Labute approximate surface area is 101 Å².